The van der Waals surface area contributed by atoms with Gasteiger partial charge in [0.25, 0.3) is 0 Å². The van der Waals surface area contributed by atoms with E-state index >= 15 is 0 Å². The van der Waals surface area contributed by atoms with Crippen molar-refractivity contribution < 1.29 is 4.79 Å². The summed E-state index contributed by atoms with van der Waals surface area (Å²) in [6, 6.07) is 1.63. The number of rotatable bonds is 1. The fraction of sp³-hybridized carbons (Fsp3) is 0.444. The Labute approximate surface area is 86.7 Å². The first-order chi connectivity index (χ1) is 6.70. The third kappa shape index (κ3) is 1.57. The van der Waals surface area contributed by atoms with Crippen LogP contribution < -0.4 is 5.32 Å². The molecule has 14 heavy (non-hydrogen) atoms. The molecule has 0 saturated carbocycles. The minimum absolute atomic E-state index is 0.0120. The zero-order valence-corrected chi connectivity index (χ0v) is 8.51. The minimum Gasteiger partial charge on any atom is -0.324 e. The molecule has 1 aromatic rings. The number of hydrogen-bond acceptors (Lipinski definition) is 3. The molecule has 74 valence electrons. The van der Waals surface area contributed by atoms with E-state index in [0.717, 1.165) is 12.1 Å². The van der Waals surface area contributed by atoms with Crippen LogP contribution in [0.3, 0.4) is 0 Å². The lowest BCUT2D eigenvalue weighted by molar-refractivity contribution is -0.120. The molecule has 1 aromatic heterocycles. The monoisotopic (exact) mass is 211 g/mol. The molecule has 0 spiro atoms. The van der Waals surface area contributed by atoms with E-state index in [1.54, 1.807) is 6.07 Å². The summed E-state index contributed by atoms with van der Waals surface area (Å²) in [6.45, 7) is 1.98. The van der Waals surface area contributed by atoms with Crippen LogP contribution in [0, 0.1) is 5.92 Å². The Morgan fingerprint density at radius 3 is 3.14 bits per heavy atom. The summed E-state index contributed by atoms with van der Waals surface area (Å²) in [6.07, 6.45) is 1.47. The van der Waals surface area contributed by atoms with E-state index < -0.39 is 0 Å². The quantitative estimate of drug-likeness (QED) is 0.769. The summed E-state index contributed by atoms with van der Waals surface area (Å²) in [4.78, 5) is 11.5. The van der Waals surface area contributed by atoms with Crippen molar-refractivity contribution in [1.82, 2.24) is 10.2 Å². The number of nitrogens with one attached hydrogen (secondary N) is 1. The fourth-order valence-electron chi connectivity index (χ4n) is 1.54. The lowest BCUT2D eigenvalue weighted by Crippen LogP contribution is -2.30. The second-order valence-electron chi connectivity index (χ2n) is 3.33. The molecule has 1 aliphatic rings. The molecule has 1 atom stereocenters. The van der Waals surface area contributed by atoms with Gasteiger partial charge in [0.05, 0.1) is 11.4 Å². The number of fused-ring (bicyclic) bond motifs is 1. The van der Waals surface area contributed by atoms with Gasteiger partial charge in [-0.05, 0) is 6.42 Å². The Morgan fingerprint density at radius 1 is 1.64 bits per heavy atom. The lowest BCUT2D eigenvalue weighted by Gasteiger charge is -2.21. The molecule has 0 aromatic carbocycles. The van der Waals surface area contributed by atoms with Crippen LogP contribution in [0.5, 0.6) is 0 Å². The van der Waals surface area contributed by atoms with E-state index in [4.69, 9.17) is 11.6 Å². The van der Waals surface area contributed by atoms with Crippen LogP contribution in [-0.4, -0.2) is 16.1 Å². The van der Waals surface area contributed by atoms with Crippen LogP contribution in [0.4, 0.5) is 5.69 Å². The van der Waals surface area contributed by atoms with Crippen molar-refractivity contribution in [2.24, 2.45) is 5.92 Å². The summed E-state index contributed by atoms with van der Waals surface area (Å²) in [7, 11) is 0. The number of halogens is 1. The number of nitrogens with zero attached hydrogens (tertiary/aromatic N) is 2. The van der Waals surface area contributed by atoms with Gasteiger partial charge in [-0.3, -0.25) is 4.79 Å². The number of hydrogen-bond donors (Lipinski definition) is 1. The third-order valence-electron chi connectivity index (χ3n) is 2.40. The molecule has 0 radical (unpaired) electrons. The highest BCUT2D eigenvalue weighted by molar-refractivity contribution is 6.29. The van der Waals surface area contributed by atoms with Crippen LogP contribution in [0.2, 0.25) is 5.15 Å². The molecule has 1 aliphatic heterocycles. The van der Waals surface area contributed by atoms with E-state index in [2.05, 4.69) is 15.5 Å². The Kier molecular flexibility index (Phi) is 2.37. The predicted molar refractivity (Wildman–Crippen MR) is 53.2 cm³/mol. The zero-order chi connectivity index (χ0) is 10.1. The van der Waals surface area contributed by atoms with Crippen molar-refractivity contribution >= 4 is 23.2 Å². The Morgan fingerprint density at radius 2 is 2.43 bits per heavy atom. The van der Waals surface area contributed by atoms with Gasteiger partial charge >= 0.3 is 0 Å². The van der Waals surface area contributed by atoms with Gasteiger partial charge in [0.1, 0.15) is 0 Å². The van der Waals surface area contributed by atoms with Crippen molar-refractivity contribution in [2.75, 3.05) is 5.32 Å². The molecule has 2 heterocycles. The molecule has 0 bridgehead atoms. The number of amides is 1. The van der Waals surface area contributed by atoms with Crippen LogP contribution in [0.15, 0.2) is 6.07 Å². The Bertz CT molecular complexity index is 380. The van der Waals surface area contributed by atoms with Crippen LogP contribution in [0.25, 0.3) is 0 Å². The van der Waals surface area contributed by atoms with Crippen molar-refractivity contribution in [1.29, 1.82) is 0 Å². The molecule has 5 heteroatoms. The summed E-state index contributed by atoms with van der Waals surface area (Å²) in [5.74, 6) is 0.0574. The van der Waals surface area contributed by atoms with Gasteiger partial charge in [0.2, 0.25) is 5.91 Å². The van der Waals surface area contributed by atoms with Crippen molar-refractivity contribution in [3.8, 4) is 0 Å². The summed E-state index contributed by atoms with van der Waals surface area (Å²) in [5, 5.41) is 10.8. The second kappa shape index (κ2) is 3.53. The SMILES string of the molecule is CC[C@@H]1Cc2nnc(Cl)cc2NC1=O. The first-order valence-electron chi connectivity index (χ1n) is 4.53. The summed E-state index contributed by atoms with van der Waals surface area (Å²) >= 11 is 5.67. The minimum atomic E-state index is 0.0120. The molecule has 0 fully saturated rings. The molecule has 0 saturated heterocycles. The highest BCUT2D eigenvalue weighted by atomic mass is 35.5. The average molecular weight is 212 g/mol. The van der Waals surface area contributed by atoms with Crippen LogP contribution >= 0.6 is 11.6 Å². The summed E-state index contributed by atoms with van der Waals surface area (Å²) in [5.41, 5.74) is 1.51. The maximum atomic E-state index is 11.5. The van der Waals surface area contributed by atoms with Gasteiger partial charge in [0, 0.05) is 18.4 Å². The van der Waals surface area contributed by atoms with Crippen LogP contribution in [-0.2, 0) is 11.2 Å². The first kappa shape index (κ1) is 9.40. The average Bonchev–Trinajstić information content (AvgIpc) is 2.16. The smallest absolute Gasteiger partial charge is 0.227 e. The van der Waals surface area contributed by atoms with E-state index in [0.29, 0.717) is 17.3 Å². The van der Waals surface area contributed by atoms with Gasteiger partial charge < -0.3 is 5.32 Å². The van der Waals surface area contributed by atoms with Gasteiger partial charge in [-0.25, -0.2) is 0 Å². The highest BCUT2D eigenvalue weighted by Gasteiger charge is 2.25. The molecule has 1 amide bonds. The third-order valence-corrected chi connectivity index (χ3v) is 2.59. The molecule has 0 aliphatic carbocycles. The van der Waals surface area contributed by atoms with Gasteiger partial charge in [-0.1, -0.05) is 18.5 Å². The zero-order valence-electron chi connectivity index (χ0n) is 7.75. The molecular weight excluding hydrogens is 202 g/mol. The standard InChI is InChI=1S/C9H10ClN3O/c1-2-5-3-7-6(11-9(5)14)4-8(10)13-12-7/h4-5H,2-3H2,1H3,(H,11,14)/t5-/m1/s1. The second-order valence-corrected chi connectivity index (χ2v) is 3.71. The molecule has 0 unspecified atom stereocenters. The molecule has 1 N–H and O–H groups in total. The number of carbonyl (C=O) groups is 1. The van der Waals surface area contributed by atoms with Crippen molar-refractivity contribution in [2.45, 2.75) is 19.8 Å². The van der Waals surface area contributed by atoms with Crippen molar-refractivity contribution in [3.05, 3.63) is 16.9 Å². The normalized spacial score (nSPS) is 20.1. The number of anilines is 1. The number of aromatic nitrogens is 2. The van der Waals surface area contributed by atoms with E-state index in [9.17, 15) is 4.79 Å². The van der Waals surface area contributed by atoms with Crippen molar-refractivity contribution in [3.63, 3.8) is 0 Å². The maximum absolute atomic E-state index is 11.5. The molecular formula is C9H10ClN3O. The maximum Gasteiger partial charge on any atom is 0.227 e. The fourth-order valence-corrected chi connectivity index (χ4v) is 1.69. The topological polar surface area (TPSA) is 54.9 Å². The Hall–Kier alpha value is -1.16. The van der Waals surface area contributed by atoms with Gasteiger partial charge in [0.15, 0.2) is 5.15 Å². The van der Waals surface area contributed by atoms with Crippen LogP contribution in [0.1, 0.15) is 19.0 Å². The molecule has 2 rings (SSSR count). The Balaban J connectivity index is 2.35. The van der Waals surface area contributed by atoms with Gasteiger partial charge in [-0.15, -0.1) is 5.10 Å². The number of carbonyl (C=O) groups excluding carboxylic acids is 1. The lowest BCUT2D eigenvalue weighted by atomic mass is 9.95. The summed E-state index contributed by atoms with van der Waals surface area (Å²) < 4.78 is 0. The van der Waals surface area contributed by atoms with E-state index in [1.165, 1.54) is 0 Å². The van der Waals surface area contributed by atoms with E-state index in [-0.39, 0.29) is 11.8 Å². The van der Waals surface area contributed by atoms with Gasteiger partial charge in [-0.2, -0.15) is 5.10 Å². The predicted octanol–water partition coefficient (Wildman–Crippen LogP) is 1.65. The van der Waals surface area contributed by atoms with E-state index in [1.807, 2.05) is 6.92 Å². The highest BCUT2D eigenvalue weighted by Crippen LogP contribution is 2.26. The first-order valence-corrected chi connectivity index (χ1v) is 4.91. The largest absolute Gasteiger partial charge is 0.324 e. The molecule has 4 nitrogen and oxygen atoms in total.